The Labute approximate surface area is 137 Å². The normalized spacial score (nSPS) is 19.5. The lowest BCUT2D eigenvalue weighted by molar-refractivity contribution is -0.116. The molecule has 2 heterocycles. The smallest absolute Gasteiger partial charge is 0.236 e. The lowest BCUT2D eigenvalue weighted by atomic mass is 9.74. The third kappa shape index (κ3) is 3.18. The average molecular weight is 312 g/mol. The minimum absolute atomic E-state index is 0.151. The van der Waals surface area contributed by atoms with Gasteiger partial charge in [0.15, 0.2) is 0 Å². The summed E-state index contributed by atoms with van der Waals surface area (Å²) in [5.41, 5.74) is 8.12. The van der Waals surface area contributed by atoms with Crippen molar-refractivity contribution in [2.45, 2.75) is 31.1 Å². The Bertz CT molecular complexity index is 614. The Morgan fingerprint density at radius 1 is 1.30 bits per heavy atom. The largest absolute Gasteiger partial charge is 0.368 e. The molecule has 3 rings (SSSR count). The van der Waals surface area contributed by atoms with Crippen LogP contribution in [0.4, 0.5) is 5.69 Å². The van der Waals surface area contributed by atoms with Crippen molar-refractivity contribution in [2.24, 2.45) is 5.73 Å². The van der Waals surface area contributed by atoms with Crippen LogP contribution in [-0.4, -0.2) is 43.5 Å². The molecule has 2 aliphatic rings. The molecule has 1 aromatic carbocycles. The van der Waals surface area contributed by atoms with Crippen LogP contribution < -0.4 is 10.6 Å². The van der Waals surface area contributed by atoms with Crippen LogP contribution in [0.3, 0.4) is 0 Å². The number of para-hydroxylation sites is 1. The van der Waals surface area contributed by atoms with E-state index in [2.05, 4.69) is 34.1 Å². The Hall–Kier alpha value is -2.06. The van der Waals surface area contributed by atoms with Crippen molar-refractivity contribution < 1.29 is 4.79 Å². The monoisotopic (exact) mass is 312 g/mol. The van der Waals surface area contributed by atoms with Crippen LogP contribution in [0.2, 0.25) is 0 Å². The number of anilines is 1. The summed E-state index contributed by atoms with van der Waals surface area (Å²) in [5.74, 6) is -0.272. The zero-order valence-corrected chi connectivity index (χ0v) is 13.5. The molecule has 2 N–H and O–H groups in total. The third-order valence-electron chi connectivity index (χ3n) is 5.23. The predicted molar refractivity (Wildman–Crippen MR) is 90.0 cm³/mol. The minimum Gasteiger partial charge on any atom is -0.368 e. The fraction of sp³-hybridized carbons (Fsp3) is 0.556. The van der Waals surface area contributed by atoms with Gasteiger partial charge in [0.2, 0.25) is 5.91 Å². The zero-order chi connectivity index (χ0) is 16.3. The summed E-state index contributed by atoms with van der Waals surface area (Å²) in [7, 11) is 0. The molecule has 1 aromatic rings. The fourth-order valence-corrected chi connectivity index (χ4v) is 4.08. The van der Waals surface area contributed by atoms with Crippen LogP contribution in [-0.2, 0) is 10.2 Å². The van der Waals surface area contributed by atoms with Crippen molar-refractivity contribution in [1.29, 1.82) is 5.26 Å². The number of likely N-dealkylation sites (tertiary alicyclic amines) is 1. The molecule has 0 bridgehead atoms. The van der Waals surface area contributed by atoms with E-state index in [0.717, 1.165) is 45.4 Å². The SMILES string of the molecule is N#CCCCN1CCC2(CC1)CN(CC(N)=O)c1ccccc12. The molecule has 122 valence electrons. The van der Waals surface area contributed by atoms with Crippen LogP contribution in [0.25, 0.3) is 0 Å². The number of nitrogens with zero attached hydrogens (tertiary/aromatic N) is 3. The van der Waals surface area contributed by atoms with Gasteiger partial charge in [0.05, 0.1) is 12.6 Å². The second kappa shape index (κ2) is 6.59. The number of nitrogens with two attached hydrogens (primary N) is 1. The molecule has 1 spiro atoms. The number of carbonyl (C=O) groups excluding carboxylic acids is 1. The molecule has 5 nitrogen and oxygen atoms in total. The lowest BCUT2D eigenvalue weighted by Crippen LogP contribution is -2.46. The van der Waals surface area contributed by atoms with E-state index in [4.69, 9.17) is 11.0 Å². The number of unbranched alkanes of at least 4 members (excludes halogenated alkanes) is 1. The van der Waals surface area contributed by atoms with Crippen molar-refractivity contribution in [3.8, 4) is 6.07 Å². The van der Waals surface area contributed by atoms with E-state index in [1.165, 1.54) is 11.3 Å². The molecular formula is C18H24N4O. The molecule has 0 aromatic heterocycles. The number of primary amides is 1. The van der Waals surface area contributed by atoms with E-state index in [0.29, 0.717) is 13.0 Å². The maximum atomic E-state index is 11.4. The maximum absolute atomic E-state index is 11.4. The Kier molecular flexibility index (Phi) is 4.53. The number of hydrogen-bond donors (Lipinski definition) is 1. The van der Waals surface area contributed by atoms with Gasteiger partial charge in [-0.1, -0.05) is 18.2 Å². The van der Waals surface area contributed by atoms with Gasteiger partial charge < -0.3 is 15.5 Å². The molecule has 1 amide bonds. The standard InChI is InChI=1S/C18H24N4O/c19-9-3-4-10-21-11-7-18(8-12-21)14-22(13-17(20)23)16-6-2-1-5-15(16)18/h1-2,5-6H,3-4,7-8,10-14H2,(H2,20,23). The first-order chi connectivity index (χ1) is 11.1. The van der Waals surface area contributed by atoms with Gasteiger partial charge >= 0.3 is 0 Å². The van der Waals surface area contributed by atoms with Gasteiger partial charge in [-0.25, -0.2) is 0 Å². The Morgan fingerprint density at radius 2 is 2.04 bits per heavy atom. The number of nitriles is 1. The van der Waals surface area contributed by atoms with Crippen molar-refractivity contribution in [2.75, 3.05) is 37.6 Å². The topological polar surface area (TPSA) is 73.4 Å². The molecule has 0 saturated carbocycles. The molecule has 0 unspecified atom stereocenters. The second-order valence-corrected chi connectivity index (χ2v) is 6.72. The number of fused-ring (bicyclic) bond motifs is 2. The first kappa shape index (κ1) is 15.8. The van der Waals surface area contributed by atoms with E-state index in [9.17, 15) is 4.79 Å². The van der Waals surface area contributed by atoms with Gasteiger partial charge in [0.1, 0.15) is 0 Å². The van der Waals surface area contributed by atoms with Gasteiger partial charge in [-0.2, -0.15) is 5.26 Å². The first-order valence-corrected chi connectivity index (χ1v) is 8.37. The van der Waals surface area contributed by atoms with E-state index >= 15 is 0 Å². The van der Waals surface area contributed by atoms with Crippen molar-refractivity contribution in [3.05, 3.63) is 29.8 Å². The molecule has 0 atom stereocenters. The molecule has 0 aliphatic carbocycles. The van der Waals surface area contributed by atoms with Gasteiger partial charge in [0.25, 0.3) is 0 Å². The fourth-order valence-electron chi connectivity index (χ4n) is 4.08. The van der Waals surface area contributed by atoms with Crippen LogP contribution in [0, 0.1) is 11.3 Å². The summed E-state index contributed by atoms with van der Waals surface area (Å²) in [4.78, 5) is 16.0. The maximum Gasteiger partial charge on any atom is 0.236 e. The number of amides is 1. The molecule has 0 radical (unpaired) electrons. The van der Waals surface area contributed by atoms with Gasteiger partial charge in [-0.15, -0.1) is 0 Å². The first-order valence-electron chi connectivity index (χ1n) is 8.37. The summed E-state index contributed by atoms with van der Waals surface area (Å²) in [5, 5.41) is 8.66. The second-order valence-electron chi connectivity index (χ2n) is 6.72. The van der Waals surface area contributed by atoms with Gasteiger partial charge in [-0.3, -0.25) is 4.79 Å². The third-order valence-corrected chi connectivity index (χ3v) is 5.23. The predicted octanol–water partition coefficient (Wildman–Crippen LogP) is 1.63. The summed E-state index contributed by atoms with van der Waals surface area (Å²) < 4.78 is 0. The summed E-state index contributed by atoms with van der Waals surface area (Å²) in [6, 6.07) is 10.7. The minimum atomic E-state index is -0.272. The average Bonchev–Trinajstić information content (AvgIpc) is 2.83. The van der Waals surface area contributed by atoms with E-state index in [1.54, 1.807) is 0 Å². The molecule has 5 heteroatoms. The highest BCUT2D eigenvalue weighted by molar-refractivity contribution is 5.81. The van der Waals surface area contributed by atoms with E-state index in [-0.39, 0.29) is 11.3 Å². The molecule has 1 fully saturated rings. The number of hydrogen-bond acceptors (Lipinski definition) is 4. The number of carbonyl (C=O) groups is 1. The Balaban J connectivity index is 1.71. The van der Waals surface area contributed by atoms with Crippen molar-refractivity contribution in [1.82, 2.24) is 4.90 Å². The number of rotatable bonds is 5. The highest BCUT2D eigenvalue weighted by Crippen LogP contribution is 2.46. The zero-order valence-electron chi connectivity index (χ0n) is 13.5. The van der Waals surface area contributed by atoms with Gasteiger partial charge in [-0.05, 0) is 50.5 Å². The summed E-state index contributed by atoms with van der Waals surface area (Å²) in [6.45, 7) is 4.32. The molecular weight excluding hydrogens is 288 g/mol. The highest BCUT2D eigenvalue weighted by atomic mass is 16.1. The van der Waals surface area contributed by atoms with Crippen molar-refractivity contribution >= 4 is 11.6 Å². The number of benzene rings is 1. The quantitative estimate of drug-likeness (QED) is 0.839. The van der Waals surface area contributed by atoms with E-state index in [1.807, 2.05) is 6.07 Å². The Morgan fingerprint density at radius 3 is 2.74 bits per heavy atom. The highest BCUT2D eigenvalue weighted by Gasteiger charge is 2.44. The van der Waals surface area contributed by atoms with E-state index < -0.39 is 0 Å². The number of piperidine rings is 1. The van der Waals surface area contributed by atoms with Crippen molar-refractivity contribution in [3.63, 3.8) is 0 Å². The molecule has 1 saturated heterocycles. The summed E-state index contributed by atoms with van der Waals surface area (Å²) in [6.07, 6.45) is 3.79. The van der Waals surface area contributed by atoms with Crippen LogP contribution >= 0.6 is 0 Å². The lowest BCUT2D eigenvalue weighted by Gasteiger charge is -2.40. The van der Waals surface area contributed by atoms with Crippen LogP contribution in [0.5, 0.6) is 0 Å². The molecule has 23 heavy (non-hydrogen) atoms. The summed E-state index contributed by atoms with van der Waals surface area (Å²) >= 11 is 0. The van der Waals surface area contributed by atoms with Crippen LogP contribution in [0.15, 0.2) is 24.3 Å². The molecule has 2 aliphatic heterocycles. The van der Waals surface area contributed by atoms with Gasteiger partial charge in [0, 0.05) is 24.1 Å². The van der Waals surface area contributed by atoms with Crippen LogP contribution in [0.1, 0.15) is 31.2 Å².